The molecule has 0 saturated carbocycles. The zero-order valence-corrected chi connectivity index (χ0v) is 14.0. The monoisotopic (exact) mass is 334 g/mol. The Labute approximate surface area is 145 Å². The number of nitrogens with zero attached hydrogens (tertiary/aromatic N) is 2. The van der Waals surface area contributed by atoms with E-state index in [1.807, 2.05) is 19.9 Å². The van der Waals surface area contributed by atoms with Gasteiger partial charge in [0, 0.05) is 5.56 Å². The van der Waals surface area contributed by atoms with E-state index in [-0.39, 0.29) is 0 Å². The van der Waals surface area contributed by atoms with E-state index in [0.29, 0.717) is 22.2 Å². The Morgan fingerprint density at radius 2 is 1.60 bits per heavy atom. The van der Waals surface area contributed by atoms with Crippen LogP contribution in [0.5, 0.6) is 0 Å². The summed E-state index contributed by atoms with van der Waals surface area (Å²) >= 11 is 0. The molecule has 2 amide bonds. The molecule has 25 heavy (non-hydrogen) atoms. The molecule has 0 saturated heterocycles. The Morgan fingerprint density at radius 1 is 0.960 bits per heavy atom. The number of carbonyl (C=O) groups is 2. The van der Waals surface area contributed by atoms with Gasteiger partial charge in [-0.15, -0.1) is 0 Å². The zero-order chi connectivity index (χ0) is 18.0. The van der Waals surface area contributed by atoms with E-state index in [1.54, 1.807) is 42.5 Å². The summed E-state index contributed by atoms with van der Waals surface area (Å²) in [5.74, 6) is -1.01. The molecule has 126 valence electrons. The van der Waals surface area contributed by atoms with Crippen LogP contribution in [0.3, 0.4) is 0 Å². The number of primary amides is 1. The topological polar surface area (TPSA) is 98.0 Å². The lowest BCUT2D eigenvalue weighted by molar-refractivity contribution is -0.120. The number of fused-ring (bicyclic) bond motifs is 1. The summed E-state index contributed by atoms with van der Waals surface area (Å²) in [6, 6.07) is 13.1. The zero-order valence-electron chi connectivity index (χ0n) is 14.0. The third-order valence-electron chi connectivity index (χ3n) is 4.03. The van der Waals surface area contributed by atoms with Crippen molar-refractivity contribution in [2.75, 3.05) is 0 Å². The Kier molecular flexibility index (Phi) is 4.43. The minimum atomic E-state index is -0.893. The Bertz CT molecular complexity index is 954. The van der Waals surface area contributed by atoms with Crippen LogP contribution < -0.4 is 11.1 Å². The molecule has 0 radical (unpaired) electrons. The molecule has 0 spiro atoms. The van der Waals surface area contributed by atoms with E-state index in [0.717, 1.165) is 11.4 Å². The van der Waals surface area contributed by atoms with Crippen molar-refractivity contribution in [3.05, 3.63) is 71.0 Å². The second kappa shape index (κ2) is 6.68. The summed E-state index contributed by atoms with van der Waals surface area (Å²) in [5.41, 5.74) is 9.48. The molecular weight excluding hydrogens is 316 g/mol. The van der Waals surface area contributed by atoms with Crippen molar-refractivity contribution >= 4 is 22.8 Å². The lowest BCUT2D eigenvalue weighted by Gasteiger charge is -2.16. The lowest BCUT2D eigenvalue weighted by Crippen LogP contribution is -2.37. The van der Waals surface area contributed by atoms with Gasteiger partial charge in [0.1, 0.15) is 6.04 Å². The third-order valence-corrected chi connectivity index (χ3v) is 4.03. The molecule has 0 aliphatic carbocycles. The normalized spacial score (nSPS) is 11.9. The molecule has 1 atom stereocenters. The third kappa shape index (κ3) is 3.47. The van der Waals surface area contributed by atoms with Crippen molar-refractivity contribution in [1.29, 1.82) is 0 Å². The van der Waals surface area contributed by atoms with Crippen molar-refractivity contribution in [2.45, 2.75) is 19.9 Å². The number of amides is 2. The number of nitrogens with one attached hydrogen (secondary N) is 1. The number of hydrogen-bond donors (Lipinski definition) is 2. The van der Waals surface area contributed by atoms with Crippen molar-refractivity contribution in [1.82, 2.24) is 15.3 Å². The molecule has 3 rings (SSSR count). The molecule has 0 aliphatic heterocycles. The van der Waals surface area contributed by atoms with Crippen LogP contribution in [-0.4, -0.2) is 21.8 Å². The van der Waals surface area contributed by atoms with Crippen molar-refractivity contribution in [2.24, 2.45) is 5.73 Å². The molecule has 0 fully saturated rings. The number of aromatic nitrogens is 2. The maximum atomic E-state index is 12.6. The van der Waals surface area contributed by atoms with Gasteiger partial charge in [-0.3, -0.25) is 9.59 Å². The highest BCUT2D eigenvalue weighted by molar-refractivity contribution is 5.99. The molecule has 6 heteroatoms. The Morgan fingerprint density at radius 3 is 2.24 bits per heavy atom. The lowest BCUT2D eigenvalue weighted by atomic mass is 10.1. The number of hydrogen-bond acceptors (Lipinski definition) is 4. The predicted octanol–water partition coefficient (Wildman–Crippen LogP) is 2.20. The van der Waals surface area contributed by atoms with E-state index in [1.165, 1.54) is 0 Å². The summed E-state index contributed by atoms with van der Waals surface area (Å²) < 4.78 is 0. The van der Waals surface area contributed by atoms with Crippen LogP contribution in [0.4, 0.5) is 0 Å². The molecule has 0 bridgehead atoms. The van der Waals surface area contributed by atoms with Crippen LogP contribution in [0.1, 0.15) is 33.4 Å². The van der Waals surface area contributed by atoms with Gasteiger partial charge in [0.2, 0.25) is 5.91 Å². The van der Waals surface area contributed by atoms with Crippen LogP contribution >= 0.6 is 0 Å². The Hall–Kier alpha value is -3.28. The fourth-order valence-electron chi connectivity index (χ4n) is 2.55. The molecule has 1 heterocycles. The number of nitrogens with two attached hydrogens (primary N) is 1. The Balaban J connectivity index is 1.90. The van der Waals surface area contributed by atoms with E-state index >= 15 is 0 Å². The van der Waals surface area contributed by atoms with Crippen molar-refractivity contribution < 1.29 is 9.59 Å². The van der Waals surface area contributed by atoms with Gasteiger partial charge in [0.05, 0.1) is 22.4 Å². The number of rotatable bonds is 4. The van der Waals surface area contributed by atoms with Crippen molar-refractivity contribution in [3.8, 4) is 0 Å². The van der Waals surface area contributed by atoms with Crippen LogP contribution in [-0.2, 0) is 4.79 Å². The van der Waals surface area contributed by atoms with Crippen LogP contribution in [0.15, 0.2) is 48.5 Å². The highest BCUT2D eigenvalue weighted by Gasteiger charge is 2.21. The summed E-state index contributed by atoms with van der Waals surface area (Å²) in [5, 5.41) is 2.68. The number of benzene rings is 2. The summed E-state index contributed by atoms with van der Waals surface area (Å²) in [7, 11) is 0. The molecule has 3 aromatic rings. The SMILES string of the molecule is Cc1nc2ccc(C(=O)NC(C(N)=O)c3ccccc3)cc2nc1C. The fourth-order valence-corrected chi connectivity index (χ4v) is 2.55. The van der Waals surface area contributed by atoms with Crippen LogP contribution in [0.25, 0.3) is 11.0 Å². The van der Waals surface area contributed by atoms with Gasteiger partial charge in [0.25, 0.3) is 5.91 Å². The first-order valence-electron chi connectivity index (χ1n) is 7.86. The second-order valence-electron chi connectivity index (χ2n) is 5.82. The number of aryl methyl sites for hydroxylation is 2. The van der Waals surface area contributed by atoms with Gasteiger partial charge in [-0.05, 0) is 37.6 Å². The quantitative estimate of drug-likeness (QED) is 0.764. The fraction of sp³-hybridized carbons (Fsp3) is 0.158. The van der Waals surface area contributed by atoms with Crippen LogP contribution in [0.2, 0.25) is 0 Å². The van der Waals surface area contributed by atoms with E-state index in [9.17, 15) is 9.59 Å². The summed E-state index contributed by atoms with van der Waals surface area (Å²) in [4.78, 5) is 33.2. The molecular formula is C19H18N4O2. The van der Waals surface area contributed by atoms with E-state index in [2.05, 4.69) is 15.3 Å². The molecule has 1 aromatic heterocycles. The minimum Gasteiger partial charge on any atom is -0.368 e. The predicted molar refractivity (Wildman–Crippen MR) is 94.9 cm³/mol. The minimum absolute atomic E-state index is 0.394. The maximum absolute atomic E-state index is 12.6. The van der Waals surface area contributed by atoms with Gasteiger partial charge in [-0.1, -0.05) is 30.3 Å². The molecule has 1 unspecified atom stereocenters. The summed E-state index contributed by atoms with van der Waals surface area (Å²) in [6.45, 7) is 3.76. The highest BCUT2D eigenvalue weighted by Crippen LogP contribution is 2.17. The molecule has 6 nitrogen and oxygen atoms in total. The summed E-state index contributed by atoms with van der Waals surface area (Å²) in [6.07, 6.45) is 0. The molecule has 3 N–H and O–H groups in total. The van der Waals surface area contributed by atoms with Gasteiger partial charge < -0.3 is 11.1 Å². The van der Waals surface area contributed by atoms with Gasteiger partial charge in [0.15, 0.2) is 0 Å². The van der Waals surface area contributed by atoms with E-state index < -0.39 is 17.9 Å². The van der Waals surface area contributed by atoms with Gasteiger partial charge in [-0.2, -0.15) is 0 Å². The molecule has 0 aliphatic rings. The largest absolute Gasteiger partial charge is 0.368 e. The average Bonchev–Trinajstić information content (AvgIpc) is 2.60. The first-order valence-corrected chi connectivity index (χ1v) is 7.86. The van der Waals surface area contributed by atoms with E-state index in [4.69, 9.17) is 5.73 Å². The number of carbonyl (C=O) groups excluding carboxylic acids is 2. The molecule has 2 aromatic carbocycles. The first kappa shape index (κ1) is 16.6. The van der Waals surface area contributed by atoms with Gasteiger partial charge in [-0.25, -0.2) is 9.97 Å². The average molecular weight is 334 g/mol. The van der Waals surface area contributed by atoms with Crippen LogP contribution in [0, 0.1) is 13.8 Å². The smallest absolute Gasteiger partial charge is 0.252 e. The maximum Gasteiger partial charge on any atom is 0.252 e. The highest BCUT2D eigenvalue weighted by atomic mass is 16.2. The second-order valence-corrected chi connectivity index (χ2v) is 5.82. The standard InChI is InChI=1S/C19H18N4O2/c1-11-12(2)22-16-10-14(8-9-15(16)21-11)19(25)23-17(18(20)24)13-6-4-3-5-7-13/h3-10,17H,1-2H3,(H2,20,24)(H,23,25). The van der Waals surface area contributed by atoms with Gasteiger partial charge >= 0.3 is 0 Å². The first-order chi connectivity index (χ1) is 12.0. The van der Waals surface area contributed by atoms with Crippen molar-refractivity contribution in [3.63, 3.8) is 0 Å².